The molecule has 1 atom stereocenters. The number of phenols is 1. The predicted molar refractivity (Wildman–Crippen MR) is 64.2 cm³/mol. The number of benzene rings is 1. The first-order valence-electron chi connectivity index (χ1n) is 5.32. The van der Waals surface area contributed by atoms with Crippen LogP contribution >= 0.6 is 0 Å². The van der Waals surface area contributed by atoms with Gasteiger partial charge in [0.15, 0.2) is 0 Å². The van der Waals surface area contributed by atoms with Gasteiger partial charge in [-0.2, -0.15) is 0 Å². The third-order valence-corrected chi connectivity index (χ3v) is 2.90. The largest absolute Gasteiger partial charge is 0.508 e. The lowest BCUT2D eigenvalue weighted by molar-refractivity contribution is -0.124. The number of nitrogens with two attached hydrogens (primary N) is 1. The zero-order chi connectivity index (χ0) is 12.2. The fourth-order valence-corrected chi connectivity index (χ4v) is 1.22. The molecule has 0 aliphatic rings. The van der Waals surface area contributed by atoms with Crippen LogP contribution in [0.5, 0.6) is 5.75 Å². The molecule has 16 heavy (non-hydrogen) atoms. The normalized spacial score (nSPS) is 14.2. The van der Waals surface area contributed by atoms with Crippen molar-refractivity contribution in [2.24, 2.45) is 11.1 Å². The third kappa shape index (κ3) is 2.73. The summed E-state index contributed by atoms with van der Waals surface area (Å²) in [6, 6.07) is 6.36. The van der Waals surface area contributed by atoms with E-state index in [2.05, 4.69) is 5.32 Å². The second kappa shape index (κ2) is 4.99. The van der Waals surface area contributed by atoms with Crippen molar-refractivity contribution in [3.63, 3.8) is 0 Å². The number of carbonyl (C=O) groups excluding carboxylic acids is 1. The molecular formula is C12H18N2O2. The summed E-state index contributed by atoms with van der Waals surface area (Å²) in [6.45, 7) is 4.08. The van der Waals surface area contributed by atoms with Gasteiger partial charge < -0.3 is 16.2 Å². The van der Waals surface area contributed by atoms with Crippen LogP contribution in [0.1, 0.15) is 20.3 Å². The maximum Gasteiger partial charge on any atom is 0.231 e. The van der Waals surface area contributed by atoms with Crippen molar-refractivity contribution in [1.82, 2.24) is 0 Å². The average Bonchev–Trinajstić information content (AvgIpc) is 2.31. The van der Waals surface area contributed by atoms with Crippen molar-refractivity contribution in [2.75, 3.05) is 11.9 Å². The van der Waals surface area contributed by atoms with E-state index in [1.54, 1.807) is 12.1 Å². The Balaban J connectivity index is 2.74. The van der Waals surface area contributed by atoms with Gasteiger partial charge in [0.2, 0.25) is 5.91 Å². The Labute approximate surface area is 95.5 Å². The monoisotopic (exact) mass is 222 g/mol. The predicted octanol–water partition coefficient (Wildman–Crippen LogP) is 1.71. The number of hydrogen-bond donors (Lipinski definition) is 3. The molecule has 4 N–H and O–H groups in total. The fourth-order valence-electron chi connectivity index (χ4n) is 1.22. The minimum Gasteiger partial charge on any atom is -0.508 e. The number of amides is 1. The molecule has 0 radical (unpaired) electrons. The molecule has 0 bridgehead atoms. The number of carbonyl (C=O) groups is 1. The number of nitrogens with one attached hydrogen (secondary N) is 1. The Hall–Kier alpha value is -1.55. The first-order chi connectivity index (χ1) is 7.51. The highest BCUT2D eigenvalue weighted by atomic mass is 16.3. The van der Waals surface area contributed by atoms with Gasteiger partial charge in [0.05, 0.1) is 5.41 Å². The molecule has 1 aromatic carbocycles. The summed E-state index contributed by atoms with van der Waals surface area (Å²) < 4.78 is 0. The lowest BCUT2D eigenvalue weighted by Gasteiger charge is -2.24. The van der Waals surface area contributed by atoms with Crippen LogP contribution in [0.3, 0.4) is 0 Å². The van der Waals surface area contributed by atoms with Crippen LogP contribution in [0, 0.1) is 5.41 Å². The second-order valence-corrected chi connectivity index (χ2v) is 4.12. The van der Waals surface area contributed by atoms with Crippen molar-refractivity contribution in [2.45, 2.75) is 20.3 Å². The Kier molecular flexibility index (Phi) is 3.90. The van der Waals surface area contributed by atoms with E-state index in [1.165, 1.54) is 12.1 Å². The van der Waals surface area contributed by atoms with Gasteiger partial charge in [-0.15, -0.1) is 0 Å². The number of anilines is 1. The Morgan fingerprint density at radius 1 is 1.44 bits per heavy atom. The van der Waals surface area contributed by atoms with E-state index in [4.69, 9.17) is 10.8 Å². The average molecular weight is 222 g/mol. The first-order valence-corrected chi connectivity index (χ1v) is 5.32. The topological polar surface area (TPSA) is 75.4 Å². The standard InChI is InChI=1S/C12H18N2O2/c1-3-12(2,8-13)11(16)14-9-4-6-10(15)7-5-9/h4-7,15H,3,8,13H2,1-2H3,(H,14,16). The van der Waals surface area contributed by atoms with Crippen LogP contribution in [-0.2, 0) is 4.79 Å². The second-order valence-electron chi connectivity index (χ2n) is 4.12. The van der Waals surface area contributed by atoms with Gasteiger partial charge in [0, 0.05) is 12.2 Å². The molecule has 88 valence electrons. The van der Waals surface area contributed by atoms with Gasteiger partial charge in [-0.3, -0.25) is 4.79 Å². The summed E-state index contributed by atoms with van der Waals surface area (Å²) in [5, 5.41) is 11.9. The van der Waals surface area contributed by atoms with E-state index in [0.717, 1.165) is 0 Å². The molecule has 0 saturated heterocycles. The van der Waals surface area contributed by atoms with Crippen LogP contribution in [0.25, 0.3) is 0 Å². The molecule has 0 aliphatic heterocycles. The number of rotatable bonds is 4. The smallest absolute Gasteiger partial charge is 0.231 e. The van der Waals surface area contributed by atoms with Gasteiger partial charge in [-0.1, -0.05) is 6.92 Å². The van der Waals surface area contributed by atoms with Crippen molar-refractivity contribution < 1.29 is 9.90 Å². The maximum atomic E-state index is 11.9. The minimum absolute atomic E-state index is 0.0943. The summed E-state index contributed by atoms with van der Waals surface area (Å²) >= 11 is 0. The van der Waals surface area contributed by atoms with E-state index in [-0.39, 0.29) is 11.7 Å². The maximum absolute atomic E-state index is 11.9. The lowest BCUT2D eigenvalue weighted by Crippen LogP contribution is -2.39. The van der Waals surface area contributed by atoms with Gasteiger partial charge in [0.25, 0.3) is 0 Å². The Morgan fingerprint density at radius 3 is 2.44 bits per heavy atom. The van der Waals surface area contributed by atoms with Crippen LogP contribution in [0.4, 0.5) is 5.69 Å². The molecule has 0 fully saturated rings. The molecule has 0 aliphatic carbocycles. The van der Waals surface area contributed by atoms with Crippen molar-refractivity contribution in [3.8, 4) is 5.75 Å². The zero-order valence-electron chi connectivity index (χ0n) is 9.66. The molecule has 1 aromatic rings. The molecule has 0 saturated carbocycles. The summed E-state index contributed by atoms with van der Waals surface area (Å²) in [4.78, 5) is 11.9. The Morgan fingerprint density at radius 2 is 2.00 bits per heavy atom. The lowest BCUT2D eigenvalue weighted by atomic mass is 9.86. The van der Waals surface area contributed by atoms with Crippen LogP contribution < -0.4 is 11.1 Å². The van der Waals surface area contributed by atoms with Crippen molar-refractivity contribution in [1.29, 1.82) is 0 Å². The van der Waals surface area contributed by atoms with Gasteiger partial charge >= 0.3 is 0 Å². The molecule has 0 heterocycles. The van der Waals surface area contributed by atoms with Crippen molar-refractivity contribution >= 4 is 11.6 Å². The van der Waals surface area contributed by atoms with Crippen LogP contribution in [0.15, 0.2) is 24.3 Å². The van der Waals surface area contributed by atoms with Gasteiger partial charge in [-0.05, 0) is 37.6 Å². The van der Waals surface area contributed by atoms with Gasteiger partial charge in [-0.25, -0.2) is 0 Å². The molecule has 0 spiro atoms. The molecule has 0 aromatic heterocycles. The van der Waals surface area contributed by atoms with Crippen molar-refractivity contribution in [3.05, 3.63) is 24.3 Å². The van der Waals surface area contributed by atoms with E-state index in [1.807, 2.05) is 13.8 Å². The van der Waals surface area contributed by atoms with Gasteiger partial charge in [0.1, 0.15) is 5.75 Å². The summed E-state index contributed by atoms with van der Waals surface area (Å²) in [5.74, 6) is 0.0817. The first kappa shape index (κ1) is 12.5. The SMILES string of the molecule is CCC(C)(CN)C(=O)Nc1ccc(O)cc1. The molecule has 4 nitrogen and oxygen atoms in total. The zero-order valence-corrected chi connectivity index (χ0v) is 9.66. The summed E-state index contributed by atoms with van der Waals surface area (Å²) in [6.07, 6.45) is 0.688. The number of phenolic OH excluding ortho intramolecular Hbond substituents is 1. The summed E-state index contributed by atoms with van der Waals surface area (Å²) in [5.41, 5.74) is 5.71. The van der Waals surface area contributed by atoms with Crippen LogP contribution in [-0.4, -0.2) is 17.6 Å². The quantitative estimate of drug-likeness (QED) is 0.679. The molecule has 1 unspecified atom stereocenters. The van der Waals surface area contributed by atoms with E-state index in [0.29, 0.717) is 18.7 Å². The van der Waals surface area contributed by atoms with Crippen LogP contribution in [0.2, 0.25) is 0 Å². The molecule has 1 rings (SSSR count). The van der Waals surface area contributed by atoms with E-state index >= 15 is 0 Å². The fraction of sp³-hybridized carbons (Fsp3) is 0.417. The summed E-state index contributed by atoms with van der Waals surface area (Å²) in [7, 11) is 0. The Bertz CT molecular complexity index is 356. The van der Waals surface area contributed by atoms with E-state index in [9.17, 15) is 4.79 Å². The van der Waals surface area contributed by atoms with E-state index < -0.39 is 5.41 Å². The minimum atomic E-state index is -0.544. The molecule has 4 heteroatoms. The highest BCUT2D eigenvalue weighted by Crippen LogP contribution is 2.22. The highest BCUT2D eigenvalue weighted by Gasteiger charge is 2.29. The third-order valence-electron chi connectivity index (χ3n) is 2.90. The molecular weight excluding hydrogens is 204 g/mol. The highest BCUT2D eigenvalue weighted by molar-refractivity contribution is 5.95. The number of aromatic hydroxyl groups is 1. The number of hydrogen-bond acceptors (Lipinski definition) is 3. The molecule has 1 amide bonds.